The number of hydrogen-bond acceptors (Lipinski definition) is 7. The van der Waals surface area contributed by atoms with Gasteiger partial charge in [0.05, 0.1) is 23.7 Å². The second-order valence-corrected chi connectivity index (χ2v) is 7.76. The first-order chi connectivity index (χ1) is 16.3. The molecule has 34 heavy (non-hydrogen) atoms. The molecule has 10 heteroatoms. The molecule has 1 atom stereocenters. The van der Waals surface area contributed by atoms with Crippen molar-refractivity contribution in [1.29, 1.82) is 0 Å². The number of esters is 1. The van der Waals surface area contributed by atoms with Gasteiger partial charge in [-0.15, -0.1) is 0 Å². The lowest BCUT2D eigenvalue weighted by molar-refractivity contribution is -0.123. The van der Waals surface area contributed by atoms with Crippen molar-refractivity contribution < 1.29 is 19.1 Å². The number of rotatable bonds is 6. The predicted octanol–water partition coefficient (Wildman–Crippen LogP) is 3.06. The number of hydrogen-bond donors (Lipinski definition) is 4. The number of nitrogens with zero attached hydrogens (tertiary/aromatic N) is 1. The van der Waals surface area contributed by atoms with Crippen molar-refractivity contribution in [1.82, 2.24) is 9.97 Å². The van der Waals surface area contributed by atoms with Gasteiger partial charge < -0.3 is 20.7 Å². The second-order valence-electron chi connectivity index (χ2n) is 7.76. The molecule has 1 unspecified atom stereocenters. The van der Waals surface area contributed by atoms with Crippen molar-refractivity contribution >= 4 is 40.9 Å². The van der Waals surface area contributed by atoms with E-state index in [-0.39, 0.29) is 30.4 Å². The lowest BCUT2D eigenvalue weighted by atomic mass is 9.92. The van der Waals surface area contributed by atoms with Gasteiger partial charge in [0.2, 0.25) is 17.8 Å². The van der Waals surface area contributed by atoms with Crippen LogP contribution < -0.4 is 21.5 Å². The largest absolute Gasteiger partial charge is 0.462 e. The van der Waals surface area contributed by atoms with Gasteiger partial charge in [0, 0.05) is 17.8 Å². The van der Waals surface area contributed by atoms with E-state index in [1.165, 1.54) is 12.1 Å². The molecule has 3 aromatic rings. The van der Waals surface area contributed by atoms with Crippen molar-refractivity contribution in [3.63, 3.8) is 0 Å². The van der Waals surface area contributed by atoms with Gasteiger partial charge in [-0.2, -0.15) is 4.98 Å². The molecule has 2 amide bonds. The molecule has 0 saturated carbocycles. The Morgan fingerprint density at radius 3 is 2.41 bits per heavy atom. The highest BCUT2D eigenvalue weighted by Crippen LogP contribution is 2.30. The van der Waals surface area contributed by atoms with Crippen LogP contribution >= 0.6 is 0 Å². The number of carbonyl (C=O) groups is 3. The molecule has 4 N–H and O–H groups in total. The third kappa shape index (κ3) is 4.96. The Hall–Kier alpha value is -4.47. The number of amides is 2. The molecule has 10 nitrogen and oxygen atoms in total. The maximum absolute atomic E-state index is 13.0. The lowest BCUT2D eigenvalue weighted by Crippen LogP contribution is -2.36. The number of aromatic amines is 1. The molecule has 0 radical (unpaired) electrons. The van der Waals surface area contributed by atoms with Crippen LogP contribution in [0.4, 0.5) is 23.1 Å². The Kier molecular flexibility index (Phi) is 6.39. The zero-order valence-corrected chi connectivity index (χ0v) is 18.6. The van der Waals surface area contributed by atoms with Crippen LogP contribution in [0.2, 0.25) is 0 Å². The molecule has 1 aliphatic rings. The first-order valence-corrected chi connectivity index (χ1v) is 10.7. The van der Waals surface area contributed by atoms with Crippen molar-refractivity contribution in [2.45, 2.75) is 26.2 Å². The van der Waals surface area contributed by atoms with Crippen LogP contribution in [0.15, 0.2) is 53.3 Å². The standard InChI is InChI=1S/C24H23N5O5/c1-3-34-23(33)14-6-10-15(11-7-14)25-21(31)17-12-18(30)27-20-19(17)22(32)29-24(28-20)26-16-8-4-13(2)5-9-16/h4-11,17H,3,12H2,1-2H3,(H,25,31)(H3,26,27,28,29,30,32). The summed E-state index contributed by atoms with van der Waals surface area (Å²) in [6, 6.07) is 13.6. The van der Waals surface area contributed by atoms with Gasteiger partial charge in [0.15, 0.2) is 0 Å². The van der Waals surface area contributed by atoms with Gasteiger partial charge in [-0.3, -0.25) is 19.4 Å². The lowest BCUT2D eigenvalue weighted by Gasteiger charge is -2.23. The Morgan fingerprint density at radius 1 is 1.06 bits per heavy atom. The summed E-state index contributed by atoms with van der Waals surface area (Å²) in [5, 5.41) is 8.25. The van der Waals surface area contributed by atoms with Crippen LogP contribution in [0.3, 0.4) is 0 Å². The molecule has 0 fully saturated rings. The van der Waals surface area contributed by atoms with E-state index in [1.54, 1.807) is 19.1 Å². The molecule has 2 aromatic carbocycles. The van der Waals surface area contributed by atoms with Gasteiger partial charge >= 0.3 is 5.97 Å². The Morgan fingerprint density at radius 2 is 1.74 bits per heavy atom. The highest BCUT2D eigenvalue weighted by atomic mass is 16.5. The first kappa shape index (κ1) is 22.7. The van der Waals surface area contributed by atoms with Crippen molar-refractivity contribution in [3.8, 4) is 0 Å². The van der Waals surface area contributed by atoms with Crippen LogP contribution in [0.5, 0.6) is 0 Å². The summed E-state index contributed by atoms with van der Waals surface area (Å²) in [6.45, 7) is 3.92. The smallest absolute Gasteiger partial charge is 0.338 e. The maximum Gasteiger partial charge on any atom is 0.338 e. The van der Waals surface area contributed by atoms with Crippen LogP contribution in [0, 0.1) is 6.92 Å². The number of ether oxygens (including phenoxy) is 1. The van der Waals surface area contributed by atoms with E-state index in [1.807, 2.05) is 31.2 Å². The van der Waals surface area contributed by atoms with Gasteiger partial charge in [-0.1, -0.05) is 17.7 Å². The zero-order chi connectivity index (χ0) is 24.2. The summed E-state index contributed by atoms with van der Waals surface area (Å²) in [5.41, 5.74) is 2.08. The molecule has 0 bridgehead atoms. The van der Waals surface area contributed by atoms with E-state index in [2.05, 4.69) is 25.9 Å². The van der Waals surface area contributed by atoms with Gasteiger partial charge in [0.1, 0.15) is 5.82 Å². The molecule has 1 aliphatic heterocycles. The molecule has 0 spiro atoms. The minimum Gasteiger partial charge on any atom is -0.462 e. The summed E-state index contributed by atoms with van der Waals surface area (Å²) < 4.78 is 4.94. The summed E-state index contributed by atoms with van der Waals surface area (Å²) in [4.78, 5) is 56.8. The fourth-order valence-corrected chi connectivity index (χ4v) is 3.56. The average molecular weight is 461 g/mol. The van der Waals surface area contributed by atoms with E-state index in [0.717, 1.165) is 5.56 Å². The van der Waals surface area contributed by atoms with Crippen molar-refractivity contribution in [2.24, 2.45) is 0 Å². The monoisotopic (exact) mass is 461 g/mol. The Bertz CT molecular complexity index is 1300. The number of carbonyl (C=O) groups excluding carboxylic acids is 3. The fourth-order valence-electron chi connectivity index (χ4n) is 3.56. The number of fused-ring (bicyclic) bond motifs is 1. The number of H-pyrrole nitrogens is 1. The number of aromatic nitrogens is 2. The third-order valence-corrected chi connectivity index (χ3v) is 5.25. The summed E-state index contributed by atoms with van der Waals surface area (Å²) in [5.74, 6) is -2.28. The predicted molar refractivity (Wildman–Crippen MR) is 126 cm³/mol. The van der Waals surface area contributed by atoms with E-state index < -0.39 is 29.3 Å². The Balaban J connectivity index is 1.55. The number of aryl methyl sites for hydroxylation is 1. The summed E-state index contributed by atoms with van der Waals surface area (Å²) >= 11 is 0. The number of nitrogens with one attached hydrogen (secondary N) is 4. The molecule has 0 saturated heterocycles. The number of benzene rings is 2. The minimum atomic E-state index is -1.03. The van der Waals surface area contributed by atoms with E-state index in [0.29, 0.717) is 16.9 Å². The summed E-state index contributed by atoms with van der Waals surface area (Å²) in [6.07, 6.45) is -0.199. The fraction of sp³-hybridized carbons (Fsp3) is 0.208. The van der Waals surface area contributed by atoms with E-state index in [4.69, 9.17) is 4.74 Å². The van der Waals surface area contributed by atoms with E-state index in [9.17, 15) is 19.2 Å². The van der Waals surface area contributed by atoms with Gasteiger partial charge in [-0.25, -0.2) is 4.79 Å². The normalized spacial score (nSPS) is 14.5. The molecular formula is C24H23N5O5. The average Bonchev–Trinajstić information content (AvgIpc) is 2.80. The van der Waals surface area contributed by atoms with Crippen LogP contribution in [0.1, 0.15) is 40.7 Å². The number of anilines is 4. The second kappa shape index (κ2) is 9.57. The molecule has 0 aliphatic carbocycles. The molecule has 1 aromatic heterocycles. The van der Waals surface area contributed by atoms with Crippen LogP contribution in [-0.4, -0.2) is 34.4 Å². The van der Waals surface area contributed by atoms with Crippen LogP contribution in [0.25, 0.3) is 0 Å². The highest BCUT2D eigenvalue weighted by molar-refractivity contribution is 6.04. The first-order valence-electron chi connectivity index (χ1n) is 10.7. The molecule has 174 valence electrons. The van der Waals surface area contributed by atoms with Crippen molar-refractivity contribution in [3.05, 3.63) is 75.6 Å². The molecule has 2 heterocycles. The topological polar surface area (TPSA) is 142 Å². The molecule has 4 rings (SSSR count). The van der Waals surface area contributed by atoms with Crippen molar-refractivity contribution in [2.75, 3.05) is 22.6 Å². The third-order valence-electron chi connectivity index (χ3n) is 5.25. The van der Waals surface area contributed by atoms with Crippen LogP contribution in [-0.2, 0) is 14.3 Å². The minimum absolute atomic E-state index is 0.0346. The quantitative estimate of drug-likeness (QED) is 0.413. The van der Waals surface area contributed by atoms with E-state index >= 15 is 0 Å². The maximum atomic E-state index is 13.0. The SMILES string of the molecule is CCOC(=O)c1ccc(NC(=O)C2CC(=O)Nc3nc(Nc4ccc(C)cc4)[nH]c(=O)c32)cc1. The highest BCUT2D eigenvalue weighted by Gasteiger charge is 2.34. The summed E-state index contributed by atoms with van der Waals surface area (Å²) in [7, 11) is 0. The van der Waals surface area contributed by atoms with Gasteiger partial charge in [0.25, 0.3) is 5.56 Å². The molecular weight excluding hydrogens is 438 g/mol. The van der Waals surface area contributed by atoms with Gasteiger partial charge in [-0.05, 0) is 50.2 Å². The zero-order valence-electron chi connectivity index (χ0n) is 18.6. The Labute approximate surface area is 194 Å².